The van der Waals surface area contributed by atoms with Crippen molar-refractivity contribution in [2.45, 2.75) is 25.9 Å². The number of aliphatic hydroxyl groups excluding tert-OH is 1. The van der Waals surface area contributed by atoms with Crippen LogP contribution in [0.5, 0.6) is 0 Å². The first-order valence-electron chi connectivity index (χ1n) is 5.44. The number of halogens is 1. The van der Waals surface area contributed by atoms with Gasteiger partial charge in [0.1, 0.15) is 6.10 Å². The molecule has 1 N–H and O–H groups in total. The summed E-state index contributed by atoms with van der Waals surface area (Å²) in [6.07, 6.45) is 0.368. The Balaban J connectivity index is 2.14. The van der Waals surface area contributed by atoms with Crippen molar-refractivity contribution >= 4 is 11.6 Å². The molecular weight excluding hydrogens is 240 g/mol. The first kappa shape index (κ1) is 12.1. The highest BCUT2D eigenvalue weighted by Gasteiger charge is 2.14. The van der Waals surface area contributed by atoms with Gasteiger partial charge in [-0.1, -0.05) is 41.9 Å². The van der Waals surface area contributed by atoms with Crippen LogP contribution in [-0.4, -0.2) is 15.2 Å². The van der Waals surface area contributed by atoms with Crippen LogP contribution in [0.3, 0.4) is 0 Å². The van der Waals surface area contributed by atoms with E-state index in [1.54, 1.807) is 0 Å². The predicted molar refractivity (Wildman–Crippen MR) is 63.8 cm³/mol. The average molecular weight is 253 g/mol. The van der Waals surface area contributed by atoms with E-state index >= 15 is 0 Å². The fourth-order valence-corrected chi connectivity index (χ4v) is 1.66. The summed E-state index contributed by atoms with van der Waals surface area (Å²) in [4.78, 5) is 4.13. The van der Waals surface area contributed by atoms with Crippen LogP contribution in [0.15, 0.2) is 28.8 Å². The zero-order valence-corrected chi connectivity index (χ0v) is 10.2. The van der Waals surface area contributed by atoms with E-state index in [0.717, 1.165) is 5.56 Å². The SMILES string of the molecule is CCC(O)c1noc(Cc2ccccc2Cl)n1. The summed E-state index contributed by atoms with van der Waals surface area (Å²) >= 11 is 6.03. The maximum absolute atomic E-state index is 9.55. The third-order valence-electron chi connectivity index (χ3n) is 2.47. The number of rotatable bonds is 4. The second-order valence-electron chi connectivity index (χ2n) is 3.74. The standard InChI is InChI=1S/C12H13ClN2O2/c1-2-10(16)12-14-11(17-15-12)7-8-5-3-4-6-9(8)13/h3-6,10,16H,2,7H2,1H3. The van der Waals surface area contributed by atoms with Crippen LogP contribution in [0.1, 0.15) is 36.7 Å². The molecule has 17 heavy (non-hydrogen) atoms. The molecule has 4 nitrogen and oxygen atoms in total. The van der Waals surface area contributed by atoms with Gasteiger partial charge in [-0.05, 0) is 18.1 Å². The van der Waals surface area contributed by atoms with Crippen LogP contribution >= 0.6 is 11.6 Å². The molecule has 1 atom stereocenters. The Morgan fingerprint density at radius 2 is 2.18 bits per heavy atom. The number of benzene rings is 1. The third-order valence-corrected chi connectivity index (χ3v) is 2.84. The summed E-state index contributed by atoms with van der Waals surface area (Å²) < 4.78 is 5.07. The van der Waals surface area contributed by atoms with Crippen molar-refractivity contribution in [2.75, 3.05) is 0 Å². The van der Waals surface area contributed by atoms with Crippen LogP contribution in [0.4, 0.5) is 0 Å². The van der Waals surface area contributed by atoms with Crippen molar-refractivity contribution < 1.29 is 9.63 Å². The van der Waals surface area contributed by atoms with Gasteiger partial charge in [0.05, 0.1) is 6.42 Å². The quantitative estimate of drug-likeness (QED) is 0.909. The maximum Gasteiger partial charge on any atom is 0.231 e. The smallest absolute Gasteiger partial charge is 0.231 e. The molecule has 2 aromatic rings. The maximum atomic E-state index is 9.55. The summed E-state index contributed by atoms with van der Waals surface area (Å²) in [6, 6.07) is 7.49. The molecule has 0 spiro atoms. The minimum atomic E-state index is -0.668. The van der Waals surface area contributed by atoms with E-state index in [0.29, 0.717) is 29.6 Å². The minimum absolute atomic E-state index is 0.328. The lowest BCUT2D eigenvalue weighted by molar-refractivity contribution is 0.159. The third kappa shape index (κ3) is 2.84. The van der Waals surface area contributed by atoms with Crippen molar-refractivity contribution in [2.24, 2.45) is 0 Å². The molecule has 1 aromatic heterocycles. The van der Waals surface area contributed by atoms with Crippen LogP contribution < -0.4 is 0 Å². The average Bonchev–Trinajstić information content (AvgIpc) is 2.80. The van der Waals surface area contributed by atoms with E-state index in [1.807, 2.05) is 31.2 Å². The van der Waals surface area contributed by atoms with E-state index in [-0.39, 0.29) is 0 Å². The van der Waals surface area contributed by atoms with Gasteiger partial charge in [-0.2, -0.15) is 4.98 Å². The number of nitrogens with zero attached hydrogens (tertiary/aromatic N) is 2. The number of hydrogen-bond donors (Lipinski definition) is 1. The fourth-order valence-electron chi connectivity index (χ4n) is 1.46. The number of hydrogen-bond acceptors (Lipinski definition) is 4. The first-order valence-corrected chi connectivity index (χ1v) is 5.82. The number of aromatic nitrogens is 2. The van der Waals surface area contributed by atoms with Crippen molar-refractivity contribution in [3.8, 4) is 0 Å². The summed E-state index contributed by atoms with van der Waals surface area (Å²) in [5, 5.41) is 14.0. The molecule has 0 saturated carbocycles. The Bertz CT molecular complexity index is 499. The Kier molecular flexibility index (Phi) is 3.76. The molecule has 0 bridgehead atoms. The highest BCUT2D eigenvalue weighted by molar-refractivity contribution is 6.31. The highest BCUT2D eigenvalue weighted by atomic mass is 35.5. The molecule has 0 aliphatic carbocycles. The highest BCUT2D eigenvalue weighted by Crippen LogP contribution is 2.19. The predicted octanol–water partition coefficient (Wildman–Crippen LogP) is 2.76. The van der Waals surface area contributed by atoms with Crippen molar-refractivity contribution in [3.05, 3.63) is 46.6 Å². The molecule has 1 heterocycles. The van der Waals surface area contributed by atoms with Gasteiger partial charge in [0.2, 0.25) is 5.89 Å². The van der Waals surface area contributed by atoms with Gasteiger partial charge in [-0.25, -0.2) is 0 Å². The Morgan fingerprint density at radius 3 is 2.88 bits per heavy atom. The van der Waals surface area contributed by atoms with Crippen molar-refractivity contribution in [1.29, 1.82) is 0 Å². The summed E-state index contributed by atoms with van der Waals surface area (Å²) in [5.41, 5.74) is 0.926. The molecule has 2 rings (SSSR count). The normalized spacial score (nSPS) is 12.6. The summed E-state index contributed by atoms with van der Waals surface area (Å²) in [5.74, 6) is 0.787. The van der Waals surface area contributed by atoms with E-state index in [9.17, 15) is 5.11 Å². The van der Waals surface area contributed by atoms with Crippen molar-refractivity contribution in [1.82, 2.24) is 10.1 Å². The Morgan fingerprint density at radius 1 is 1.41 bits per heavy atom. The molecule has 0 radical (unpaired) electrons. The molecular formula is C12H13ClN2O2. The van der Waals surface area contributed by atoms with Crippen LogP contribution in [0.25, 0.3) is 0 Å². The van der Waals surface area contributed by atoms with Gasteiger partial charge in [-0.15, -0.1) is 0 Å². The van der Waals surface area contributed by atoms with Gasteiger partial charge in [-0.3, -0.25) is 0 Å². The van der Waals surface area contributed by atoms with Crippen LogP contribution in [0.2, 0.25) is 5.02 Å². The second-order valence-corrected chi connectivity index (χ2v) is 4.15. The molecule has 5 heteroatoms. The molecule has 1 unspecified atom stereocenters. The van der Waals surface area contributed by atoms with E-state index in [4.69, 9.17) is 16.1 Å². The fraction of sp³-hybridized carbons (Fsp3) is 0.333. The molecule has 0 aliphatic heterocycles. The Labute approximate surface area is 104 Å². The lowest BCUT2D eigenvalue weighted by Gasteiger charge is -1.99. The van der Waals surface area contributed by atoms with E-state index in [1.165, 1.54) is 0 Å². The molecule has 90 valence electrons. The monoisotopic (exact) mass is 252 g/mol. The Hall–Kier alpha value is -1.39. The molecule has 0 aliphatic rings. The largest absolute Gasteiger partial charge is 0.385 e. The first-order chi connectivity index (χ1) is 8.20. The van der Waals surface area contributed by atoms with Crippen molar-refractivity contribution in [3.63, 3.8) is 0 Å². The minimum Gasteiger partial charge on any atom is -0.385 e. The van der Waals surface area contributed by atoms with Crippen LogP contribution in [-0.2, 0) is 6.42 Å². The zero-order chi connectivity index (χ0) is 12.3. The van der Waals surface area contributed by atoms with Crippen LogP contribution in [0, 0.1) is 0 Å². The molecule has 1 aromatic carbocycles. The van der Waals surface area contributed by atoms with Gasteiger partial charge >= 0.3 is 0 Å². The van der Waals surface area contributed by atoms with E-state index in [2.05, 4.69) is 10.1 Å². The lowest BCUT2D eigenvalue weighted by atomic mass is 10.1. The molecule has 0 fully saturated rings. The lowest BCUT2D eigenvalue weighted by Crippen LogP contribution is -1.98. The van der Waals surface area contributed by atoms with Gasteiger partial charge in [0.25, 0.3) is 0 Å². The topological polar surface area (TPSA) is 59.2 Å². The summed E-state index contributed by atoms with van der Waals surface area (Å²) in [6.45, 7) is 1.86. The van der Waals surface area contributed by atoms with Gasteiger partial charge in [0.15, 0.2) is 5.82 Å². The van der Waals surface area contributed by atoms with Gasteiger partial charge < -0.3 is 9.63 Å². The van der Waals surface area contributed by atoms with E-state index < -0.39 is 6.10 Å². The molecule has 0 amide bonds. The van der Waals surface area contributed by atoms with Gasteiger partial charge in [0, 0.05) is 5.02 Å². The summed E-state index contributed by atoms with van der Waals surface area (Å²) in [7, 11) is 0. The molecule has 0 saturated heterocycles. The zero-order valence-electron chi connectivity index (χ0n) is 9.43. The second kappa shape index (κ2) is 5.29. The number of aliphatic hydroxyl groups is 1.